The highest BCUT2D eigenvalue weighted by atomic mass is 79.9. The Morgan fingerprint density at radius 3 is 3.00 bits per heavy atom. The lowest BCUT2D eigenvalue weighted by Crippen LogP contribution is -2.24. The van der Waals surface area contributed by atoms with Gasteiger partial charge in [0.05, 0.1) is 6.61 Å². The monoisotopic (exact) mass is 341 g/mol. The molecule has 20 heavy (non-hydrogen) atoms. The molecule has 0 bridgehead atoms. The topological polar surface area (TPSA) is 47.6 Å². The summed E-state index contributed by atoms with van der Waals surface area (Å²) < 4.78 is 11.7. The molecule has 2 unspecified atom stereocenters. The minimum atomic E-state index is -0.485. The molecule has 1 aliphatic rings. The van der Waals surface area contributed by atoms with Crippen molar-refractivity contribution >= 4 is 21.9 Å². The van der Waals surface area contributed by atoms with Crippen LogP contribution >= 0.6 is 15.9 Å². The Kier molecular flexibility index (Phi) is 5.43. The molecule has 0 aromatic heterocycles. The molecule has 1 aromatic rings. The third-order valence-electron chi connectivity index (χ3n) is 3.30. The lowest BCUT2D eigenvalue weighted by atomic mass is 10.1. The summed E-state index contributed by atoms with van der Waals surface area (Å²) in [4.78, 5) is 11.5. The Morgan fingerprint density at radius 2 is 2.35 bits per heavy atom. The third-order valence-corrected chi connectivity index (χ3v) is 3.79. The van der Waals surface area contributed by atoms with Crippen molar-refractivity contribution in [3.8, 4) is 5.75 Å². The van der Waals surface area contributed by atoms with Gasteiger partial charge in [-0.1, -0.05) is 28.9 Å². The molecular formula is C15H20BrNO3. The van der Waals surface area contributed by atoms with Crippen molar-refractivity contribution in [2.45, 2.75) is 38.8 Å². The summed E-state index contributed by atoms with van der Waals surface area (Å²) >= 11 is 3.45. The first-order valence-corrected chi connectivity index (χ1v) is 7.77. The molecule has 1 aliphatic heterocycles. The number of rotatable bonds is 6. The summed E-state index contributed by atoms with van der Waals surface area (Å²) in [5.74, 6) is 0.462. The third kappa shape index (κ3) is 3.73. The van der Waals surface area contributed by atoms with Gasteiger partial charge in [-0.25, -0.2) is 4.79 Å². The van der Waals surface area contributed by atoms with Gasteiger partial charge >= 0.3 is 5.97 Å². The quantitative estimate of drug-likeness (QED) is 0.807. The van der Waals surface area contributed by atoms with Crippen molar-refractivity contribution in [3.63, 3.8) is 0 Å². The summed E-state index contributed by atoms with van der Waals surface area (Å²) in [6, 6.07) is 6.09. The molecule has 0 amide bonds. The van der Waals surface area contributed by atoms with Crippen molar-refractivity contribution in [2.24, 2.45) is 0 Å². The Labute approximate surface area is 128 Å². The van der Waals surface area contributed by atoms with Crippen LogP contribution in [0.5, 0.6) is 5.75 Å². The van der Waals surface area contributed by atoms with E-state index < -0.39 is 6.10 Å². The number of esters is 1. The second-order valence-corrected chi connectivity index (χ2v) is 5.84. The second kappa shape index (κ2) is 7.09. The normalized spacial score (nSPS) is 19.8. The Morgan fingerprint density at radius 1 is 1.55 bits per heavy atom. The van der Waals surface area contributed by atoms with Crippen LogP contribution in [0.2, 0.25) is 0 Å². The van der Waals surface area contributed by atoms with E-state index in [9.17, 15) is 4.79 Å². The van der Waals surface area contributed by atoms with E-state index in [1.807, 2.05) is 18.2 Å². The van der Waals surface area contributed by atoms with Crippen molar-refractivity contribution in [3.05, 3.63) is 28.2 Å². The molecule has 1 saturated heterocycles. The van der Waals surface area contributed by atoms with Gasteiger partial charge in [0.2, 0.25) is 0 Å². The fourth-order valence-electron chi connectivity index (χ4n) is 2.18. The maximum absolute atomic E-state index is 11.5. The van der Waals surface area contributed by atoms with Crippen molar-refractivity contribution in [2.75, 3.05) is 13.2 Å². The average Bonchev–Trinajstić information content (AvgIpc) is 2.82. The number of benzene rings is 1. The minimum absolute atomic E-state index is 0.176. The molecule has 1 fully saturated rings. The number of nitrogens with one attached hydrogen (secondary N) is 1. The molecule has 2 rings (SSSR count). The number of ether oxygens (including phenoxy) is 2. The van der Waals surface area contributed by atoms with Crippen LogP contribution in [0.15, 0.2) is 22.7 Å². The van der Waals surface area contributed by atoms with Crippen LogP contribution in [-0.2, 0) is 9.53 Å². The molecule has 4 nitrogen and oxygen atoms in total. The first-order chi connectivity index (χ1) is 9.61. The number of hydrogen-bond donors (Lipinski definition) is 1. The standard InChI is InChI=1S/C15H20BrNO3/c1-3-7-17-10(2)12-5-4-11(16)9-14(12)20-13-6-8-19-15(13)18/h4-5,9-10,13,17H,3,6-8H2,1-2H3. The van der Waals surface area contributed by atoms with Crippen LogP contribution < -0.4 is 10.1 Å². The lowest BCUT2D eigenvalue weighted by Gasteiger charge is -2.20. The molecule has 1 heterocycles. The summed E-state index contributed by atoms with van der Waals surface area (Å²) in [6.07, 6.45) is 1.20. The molecule has 110 valence electrons. The fourth-order valence-corrected chi connectivity index (χ4v) is 2.52. The van der Waals surface area contributed by atoms with Crippen LogP contribution in [0.3, 0.4) is 0 Å². The van der Waals surface area contributed by atoms with Gasteiger partial charge in [0.25, 0.3) is 0 Å². The largest absolute Gasteiger partial charge is 0.478 e. The molecule has 0 saturated carbocycles. The van der Waals surface area contributed by atoms with Gasteiger partial charge < -0.3 is 14.8 Å². The highest BCUT2D eigenvalue weighted by Gasteiger charge is 2.29. The van der Waals surface area contributed by atoms with Crippen LogP contribution in [0.4, 0.5) is 0 Å². The number of carbonyl (C=O) groups is 1. The van der Waals surface area contributed by atoms with Gasteiger partial charge in [-0.15, -0.1) is 0 Å². The zero-order valence-electron chi connectivity index (χ0n) is 11.8. The number of halogens is 1. The van der Waals surface area contributed by atoms with Crippen molar-refractivity contribution in [1.82, 2.24) is 5.32 Å². The highest BCUT2D eigenvalue weighted by molar-refractivity contribution is 9.10. The number of cyclic esters (lactones) is 1. The smallest absolute Gasteiger partial charge is 0.347 e. The Bertz CT molecular complexity index is 478. The lowest BCUT2D eigenvalue weighted by molar-refractivity contribution is -0.143. The number of hydrogen-bond acceptors (Lipinski definition) is 4. The van der Waals surface area contributed by atoms with Crippen LogP contribution in [0, 0.1) is 0 Å². The Hall–Kier alpha value is -1.07. The van der Waals surface area contributed by atoms with E-state index in [4.69, 9.17) is 9.47 Å². The van der Waals surface area contributed by atoms with E-state index in [-0.39, 0.29) is 12.0 Å². The van der Waals surface area contributed by atoms with Crippen LogP contribution in [-0.4, -0.2) is 25.2 Å². The summed E-state index contributed by atoms with van der Waals surface area (Å²) in [7, 11) is 0. The summed E-state index contributed by atoms with van der Waals surface area (Å²) in [5, 5.41) is 3.43. The predicted octanol–water partition coefficient (Wildman–Crippen LogP) is 3.20. The number of carbonyl (C=O) groups excluding carboxylic acids is 1. The van der Waals surface area contributed by atoms with Gasteiger partial charge in [-0.2, -0.15) is 0 Å². The van der Waals surface area contributed by atoms with E-state index >= 15 is 0 Å². The van der Waals surface area contributed by atoms with E-state index in [0.29, 0.717) is 13.0 Å². The highest BCUT2D eigenvalue weighted by Crippen LogP contribution is 2.30. The Balaban J connectivity index is 2.16. The van der Waals surface area contributed by atoms with E-state index in [1.165, 1.54) is 0 Å². The van der Waals surface area contributed by atoms with Gasteiger partial charge in [0.1, 0.15) is 5.75 Å². The van der Waals surface area contributed by atoms with Gasteiger partial charge in [-0.3, -0.25) is 0 Å². The molecule has 1 N–H and O–H groups in total. The van der Waals surface area contributed by atoms with Crippen molar-refractivity contribution < 1.29 is 14.3 Å². The maximum Gasteiger partial charge on any atom is 0.347 e. The molecule has 1 aromatic carbocycles. The second-order valence-electron chi connectivity index (χ2n) is 4.92. The SMILES string of the molecule is CCCNC(C)c1ccc(Br)cc1OC1CCOC1=O. The van der Waals surface area contributed by atoms with E-state index in [1.54, 1.807) is 0 Å². The summed E-state index contributed by atoms with van der Waals surface area (Å²) in [5.41, 5.74) is 1.06. The zero-order valence-corrected chi connectivity index (χ0v) is 13.4. The molecule has 0 aliphatic carbocycles. The van der Waals surface area contributed by atoms with Gasteiger partial charge in [0.15, 0.2) is 6.10 Å². The van der Waals surface area contributed by atoms with E-state index in [2.05, 4.69) is 35.1 Å². The van der Waals surface area contributed by atoms with E-state index in [0.717, 1.165) is 28.8 Å². The molecule has 0 radical (unpaired) electrons. The fraction of sp³-hybridized carbons (Fsp3) is 0.533. The predicted molar refractivity (Wildman–Crippen MR) is 80.8 cm³/mol. The molecule has 5 heteroatoms. The van der Waals surface area contributed by atoms with Crippen molar-refractivity contribution in [1.29, 1.82) is 0 Å². The molecule has 0 spiro atoms. The minimum Gasteiger partial charge on any atom is -0.478 e. The molecule has 2 atom stereocenters. The molecular weight excluding hydrogens is 322 g/mol. The average molecular weight is 342 g/mol. The van der Waals surface area contributed by atoms with Gasteiger partial charge in [0, 0.05) is 22.5 Å². The first-order valence-electron chi connectivity index (χ1n) is 6.98. The maximum atomic E-state index is 11.5. The van der Waals surface area contributed by atoms with Gasteiger partial charge in [-0.05, 0) is 32.0 Å². The van der Waals surface area contributed by atoms with Crippen LogP contribution in [0.25, 0.3) is 0 Å². The zero-order chi connectivity index (χ0) is 14.5. The first kappa shape index (κ1) is 15.3. The van der Waals surface area contributed by atoms with Crippen LogP contribution in [0.1, 0.15) is 38.3 Å². The summed E-state index contributed by atoms with van der Waals surface area (Å²) in [6.45, 7) is 5.62.